The maximum Gasteiger partial charge on any atom is -0.00856 e. The van der Waals surface area contributed by atoms with E-state index in [2.05, 4.69) is 94.4 Å². The number of hydrogen-bond acceptors (Lipinski definition) is 0. The second-order valence-corrected chi connectivity index (χ2v) is 7.32. The standard InChI is InChI=1S/C20H20.C7H8.C2H6/c1-14-6-4-8-17(12-14)18-10-11-20(16(3)13-18)19-9-5-7-15(19)2;1-7-5-3-2-4-6-7;1-2/h4-8,10-13H,9H2,1-3H3;2-6H,1H3;1-2H3. The van der Waals surface area contributed by atoms with E-state index in [1.54, 1.807) is 0 Å². The van der Waals surface area contributed by atoms with Crippen LogP contribution in [0.4, 0.5) is 0 Å². The van der Waals surface area contributed by atoms with Gasteiger partial charge < -0.3 is 0 Å². The molecular weight excluding hydrogens is 348 g/mol. The molecule has 0 N–H and O–H groups in total. The summed E-state index contributed by atoms with van der Waals surface area (Å²) in [5.74, 6) is 0. The molecule has 0 unspecified atom stereocenters. The van der Waals surface area contributed by atoms with Crippen molar-refractivity contribution >= 4 is 5.57 Å². The molecule has 0 fully saturated rings. The fraction of sp³-hybridized carbons (Fsp3) is 0.241. The predicted octanol–water partition coefficient (Wildman–Crippen LogP) is 8.73. The maximum absolute atomic E-state index is 2.31. The molecule has 3 aromatic rings. The van der Waals surface area contributed by atoms with Gasteiger partial charge in [0.2, 0.25) is 0 Å². The third kappa shape index (κ3) is 6.32. The van der Waals surface area contributed by atoms with E-state index in [0.29, 0.717) is 0 Å². The molecule has 29 heavy (non-hydrogen) atoms. The van der Waals surface area contributed by atoms with E-state index in [1.165, 1.54) is 44.5 Å². The molecule has 0 radical (unpaired) electrons. The highest BCUT2D eigenvalue weighted by atomic mass is 14.2. The molecule has 0 heteroatoms. The molecule has 1 aliphatic carbocycles. The van der Waals surface area contributed by atoms with Crippen molar-refractivity contribution in [3.63, 3.8) is 0 Å². The van der Waals surface area contributed by atoms with Crippen LogP contribution in [0.25, 0.3) is 16.7 Å². The van der Waals surface area contributed by atoms with Gasteiger partial charge >= 0.3 is 0 Å². The predicted molar refractivity (Wildman–Crippen MR) is 130 cm³/mol. The summed E-state index contributed by atoms with van der Waals surface area (Å²) in [6.07, 6.45) is 5.54. The lowest BCUT2D eigenvalue weighted by Gasteiger charge is -2.11. The van der Waals surface area contributed by atoms with E-state index in [0.717, 1.165) is 6.42 Å². The van der Waals surface area contributed by atoms with E-state index in [1.807, 2.05) is 32.0 Å². The van der Waals surface area contributed by atoms with Crippen molar-refractivity contribution in [3.8, 4) is 11.1 Å². The van der Waals surface area contributed by atoms with Gasteiger partial charge in [-0.2, -0.15) is 0 Å². The SMILES string of the molecule is CC.CC1=C(c2ccc(-c3cccc(C)c3)cc2C)CC=C1.Cc1ccccc1. The number of hydrogen-bond donors (Lipinski definition) is 0. The summed E-state index contributed by atoms with van der Waals surface area (Å²) in [6.45, 7) is 12.6. The first-order chi connectivity index (χ1) is 14.0. The van der Waals surface area contributed by atoms with Crippen molar-refractivity contribution < 1.29 is 0 Å². The van der Waals surface area contributed by atoms with Gasteiger partial charge in [-0.25, -0.2) is 0 Å². The lowest BCUT2D eigenvalue weighted by Crippen LogP contribution is -1.90. The molecule has 0 atom stereocenters. The number of rotatable bonds is 2. The third-order valence-corrected chi connectivity index (χ3v) is 5.01. The van der Waals surface area contributed by atoms with Gasteiger partial charge in [0.15, 0.2) is 0 Å². The van der Waals surface area contributed by atoms with E-state index in [9.17, 15) is 0 Å². The largest absolute Gasteiger partial charge is 0.0798 e. The first-order valence-corrected chi connectivity index (χ1v) is 10.6. The highest BCUT2D eigenvalue weighted by molar-refractivity contribution is 5.78. The Morgan fingerprint density at radius 3 is 1.79 bits per heavy atom. The average molecular weight is 383 g/mol. The third-order valence-electron chi connectivity index (χ3n) is 5.01. The molecule has 0 bridgehead atoms. The van der Waals surface area contributed by atoms with Crippen LogP contribution in [0.2, 0.25) is 0 Å². The topological polar surface area (TPSA) is 0 Å². The molecule has 0 aliphatic heterocycles. The van der Waals surface area contributed by atoms with E-state index < -0.39 is 0 Å². The highest BCUT2D eigenvalue weighted by Gasteiger charge is 2.11. The highest BCUT2D eigenvalue weighted by Crippen LogP contribution is 2.32. The zero-order valence-electron chi connectivity index (χ0n) is 18.8. The maximum atomic E-state index is 2.31. The summed E-state index contributed by atoms with van der Waals surface area (Å²) in [4.78, 5) is 0. The van der Waals surface area contributed by atoms with Crippen molar-refractivity contribution in [2.45, 2.75) is 48.0 Å². The molecule has 0 aromatic heterocycles. The Hall–Kier alpha value is -2.86. The van der Waals surface area contributed by atoms with Crippen LogP contribution in [-0.4, -0.2) is 0 Å². The summed E-state index contributed by atoms with van der Waals surface area (Å²) >= 11 is 0. The fourth-order valence-electron chi connectivity index (χ4n) is 3.48. The van der Waals surface area contributed by atoms with Crippen LogP contribution in [-0.2, 0) is 0 Å². The Labute approximate surface area is 177 Å². The molecule has 4 rings (SSSR count). The van der Waals surface area contributed by atoms with Crippen LogP contribution in [0.15, 0.2) is 90.5 Å². The van der Waals surface area contributed by atoms with Gasteiger partial charge in [0.1, 0.15) is 0 Å². The van der Waals surface area contributed by atoms with E-state index >= 15 is 0 Å². The second kappa shape index (κ2) is 11.2. The monoisotopic (exact) mass is 382 g/mol. The van der Waals surface area contributed by atoms with Crippen molar-refractivity contribution in [2.75, 3.05) is 0 Å². The molecule has 0 saturated carbocycles. The number of aryl methyl sites for hydroxylation is 3. The first kappa shape index (κ1) is 22.4. The van der Waals surface area contributed by atoms with Crippen LogP contribution in [0.3, 0.4) is 0 Å². The minimum Gasteiger partial charge on any atom is -0.0798 e. The molecule has 0 saturated heterocycles. The van der Waals surface area contributed by atoms with E-state index in [-0.39, 0.29) is 0 Å². The van der Waals surface area contributed by atoms with Gasteiger partial charge in [-0.3, -0.25) is 0 Å². The average Bonchev–Trinajstić information content (AvgIpc) is 3.16. The van der Waals surface area contributed by atoms with Crippen molar-refractivity contribution in [1.82, 2.24) is 0 Å². The van der Waals surface area contributed by atoms with Gasteiger partial charge in [-0.15, -0.1) is 0 Å². The van der Waals surface area contributed by atoms with Crippen LogP contribution in [0.1, 0.15) is 49.4 Å². The van der Waals surface area contributed by atoms with Crippen molar-refractivity contribution in [2.24, 2.45) is 0 Å². The number of allylic oxidation sites excluding steroid dienone is 4. The fourth-order valence-corrected chi connectivity index (χ4v) is 3.48. The first-order valence-electron chi connectivity index (χ1n) is 10.6. The summed E-state index contributed by atoms with van der Waals surface area (Å²) in [5.41, 5.74) is 10.9. The molecule has 1 aliphatic rings. The molecule has 0 nitrogen and oxygen atoms in total. The Morgan fingerprint density at radius 2 is 1.28 bits per heavy atom. The Bertz CT molecular complexity index is 972. The van der Waals surface area contributed by atoms with Crippen LogP contribution < -0.4 is 0 Å². The minimum atomic E-state index is 1.07. The summed E-state index contributed by atoms with van der Waals surface area (Å²) < 4.78 is 0. The Balaban J connectivity index is 0.000000280. The van der Waals surface area contributed by atoms with E-state index in [4.69, 9.17) is 0 Å². The molecule has 3 aromatic carbocycles. The van der Waals surface area contributed by atoms with Gasteiger partial charge in [0, 0.05) is 0 Å². The van der Waals surface area contributed by atoms with Crippen LogP contribution in [0.5, 0.6) is 0 Å². The van der Waals surface area contributed by atoms with Gasteiger partial charge in [0.05, 0.1) is 0 Å². The Morgan fingerprint density at radius 1 is 0.621 bits per heavy atom. The molecule has 0 heterocycles. The normalized spacial score (nSPS) is 12.1. The lowest BCUT2D eigenvalue weighted by atomic mass is 9.93. The van der Waals surface area contributed by atoms with Crippen molar-refractivity contribution in [3.05, 3.63) is 113 Å². The molecule has 0 amide bonds. The van der Waals surface area contributed by atoms with Crippen LogP contribution in [0, 0.1) is 20.8 Å². The lowest BCUT2D eigenvalue weighted by molar-refractivity contribution is 1.34. The smallest absolute Gasteiger partial charge is 0.00856 e. The second-order valence-electron chi connectivity index (χ2n) is 7.32. The molecular formula is C29H34. The molecule has 0 spiro atoms. The summed E-state index contributed by atoms with van der Waals surface area (Å²) in [7, 11) is 0. The Kier molecular flexibility index (Phi) is 8.68. The van der Waals surface area contributed by atoms with Gasteiger partial charge in [0.25, 0.3) is 0 Å². The van der Waals surface area contributed by atoms with Crippen LogP contribution >= 0.6 is 0 Å². The van der Waals surface area contributed by atoms with Crippen molar-refractivity contribution in [1.29, 1.82) is 0 Å². The van der Waals surface area contributed by atoms with Gasteiger partial charge in [-0.05, 0) is 67.5 Å². The minimum absolute atomic E-state index is 1.07. The zero-order valence-corrected chi connectivity index (χ0v) is 18.8. The number of benzene rings is 3. The van der Waals surface area contributed by atoms with Gasteiger partial charge in [-0.1, -0.05) is 110 Å². The zero-order chi connectivity index (χ0) is 21.2. The summed E-state index contributed by atoms with van der Waals surface area (Å²) in [6, 6.07) is 25.8. The molecule has 150 valence electrons. The summed E-state index contributed by atoms with van der Waals surface area (Å²) in [5, 5.41) is 0. The quantitative estimate of drug-likeness (QED) is 0.415.